The van der Waals surface area contributed by atoms with Crippen molar-refractivity contribution < 1.29 is 38.1 Å². The number of amides is 4. The minimum absolute atomic E-state index is 0.221. The number of rotatable bonds is 19. The average Bonchev–Trinajstić information content (AvgIpc) is 3.17. The summed E-state index contributed by atoms with van der Waals surface area (Å²) in [6, 6.07) is 17.6. The number of unbranched alkanes of at least 4 members (excludes halogenated alkanes) is 2. The van der Waals surface area contributed by atoms with Gasteiger partial charge in [-0.2, -0.15) is 0 Å². The first kappa shape index (κ1) is 44.4. The maximum Gasteiger partial charge on any atom is 0.407 e. The number of aryl methyl sites for hydroxylation is 1. The van der Waals surface area contributed by atoms with Gasteiger partial charge in [-0.05, 0) is 115 Å². The lowest BCUT2D eigenvalue weighted by atomic mass is 10.1. The Kier molecular flexibility index (Phi) is 17.0. The Morgan fingerprint density at radius 3 is 2.23 bits per heavy atom. The number of benzene rings is 3. The van der Waals surface area contributed by atoms with E-state index < -0.39 is 17.6 Å². The quantitative estimate of drug-likeness (QED) is 0.120. The summed E-state index contributed by atoms with van der Waals surface area (Å²) in [5.74, 6) is 0.902. The monoisotopic (exact) mass is 787 g/mol. The third-order valence-electron chi connectivity index (χ3n) is 9.25. The molecule has 1 heterocycles. The zero-order chi connectivity index (χ0) is 41.4. The number of nitrogens with zero attached hydrogens (tertiary/aromatic N) is 3. The van der Waals surface area contributed by atoms with Crippen LogP contribution in [0.5, 0.6) is 17.2 Å². The summed E-state index contributed by atoms with van der Waals surface area (Å²) in [5.41, 5.74) is 2.16. The van der Waals surface area contributed by atoms with Gasteiger partial charge in [-0.25, -0.2) is 4.79 Å². The lowest BCUT2D eigenvalue weighted by molar-refractivity contribution is -0.132. The second kappa shape index (κ2) is 21.9. The highest BCUT2D eigenvalue weighted by Gasteiger charge is 2.22. The maximum absolute atomic E-state index is 13.9. The summed E-state index contributed by atoms with van der Waals surface area (Å²) >= 11 is 0. The molecule has 13 heteroatoms. The van der Waals surface area contributed by atoms with Crippen molar-refractivity contribution in [1.82, 2.24) is 15.1 Å². The van der Waals surface area contributed by atoms with Crippen LogP contribution in [0.15, 0.2) is 60.7 Å². The van der Waals surface area contributed by atoms with E-state index in [9.17, 15) is 19.2 Å². The summed E-state index contributed by atoms with van der Waals surface area (Å²) in [4.78, 5) is 57.8. The van der Waals surface area contributed by atoms with Gasteiger partial charge in [0.05, 0.1) is 36.8 Å². The lowest BCUT2D eigenvalue weighted by Gasteiger charge is -2.32. The fourth-order valence-corrected chi connectivity index (χ4v) is 6.09. The van der Waals surface area contributed by atoms with Crippen LogP contribution in [-0.2, 0) is 9.53 Å². The number of nitrogens with one attached hydrogen (secondary N) is 2. The Morgan fingerprint density at radius 2 is 1.49 bits per heavy atom. The molecule has 4 rings (SSSR count). The van der Waals surface area contributed by atoms with Gasteiger partial charge < -0.3 is 44.3 Å². The molecule has 57 heavy (non-hydrogen) atoms. The van der Waals surface area contributed by atoms with Crippen molar-refractivity contribution >= 4 is 35.2 Å². The third-order valence-corrected chi connectivity index (χ3v) is 9.25. The number of hydrogen-bond acceptors (Lipinski definition) is 9. The number of ether oxygens (including phenoxy) is 4. The van der Waals surface area contributed by atoms with E-state index in [1.165, 1.54) is 0 Å². The van der Waals surface area contributed by atoms with Gasteiger partial charge in [0.1, 0.15) is 22.8 Å². The van der Waals surface area contributed by atoms with Gasteiger partial charge in [0.25, 0.3) is 11.8 Å². The molecule has 0 bridgehead atoms. The zero-order valence-electron chi connectivity index (χ0n) is 34.8. The van der Waals surface area contributed by atoms with E-state index in [1.807, 2.05) is 36.9 Å². The van der Waals surface area contributed by atoms with Crippen LogP contribution in [-0.4, -0.2) is 106 Å². The van der Waals surface area contributed by atoms with E-state index in [2.05, 4.69) is 22.6 Å². The van der Waals surface area contributed by atoms with Crippen molar-refractivity contribution in [1.29, 1.82) is 0 Å². The molecule has 4 amide bonds. The predicted octanol–water partition coefficient (Wildman–Crippen LogP) is 7.32. The molecule has 3 aromatic carbocycles. The molecule has 0 unspecified atom stereocenters. The van der Waals surface area contributed by atoms with Crippen LogP contribution in [0.3, 0.4) is 0 Å². The Hall–Kier alpha value is -5.30. The molecule has 0 atom stereocenters. The van der Waals surface area contributed by atoms with Gasteiger partial charge in [0.2, 0.25) is 5.91 Å². The average molecular weight is 788 g/mol. The van der Waals surface area contributed by atoms with Gasteiger partial charge >= 0.3 is 6.09 Å². The normalized spacial score (nSPS) is 13.1. The molecule has 0 radical (unpaired) electrons. The molecular formula is C44H61N5O8. The molecule has 310 valence electrons. The highest BCUT2D eigenvalue weighted by atomic mass is 16.6. The van der Waals surface area contributed by atoms with Gasteiger partial charge in [-0.3, -0.25) is 14.4 Å². The van der Waals surface area contributed by atoms with Gasteiger partial charge in [-0.15, -0.1) is 0 Å². The molecular weight excluding hydrogens is 727 g/mol. The molecule has 1 fully saturated rings. The van der Waals surface area contributed by atoms with E-state index in [1.54, 1.807) is 75.2 Å². The highest BCUT2D eigenvalue weighted by Crippen LogP contribution is 2.33. The van der Waals surface area contributed by atoms with Crippen LogP contribution in [0.2, 0.25) is 0 Å². The van der Waals surface area contributed by atoms with Crippen molar-refractivity contribution in [2.75, 3.05) is 76.9 Å². The maximum atomic E-state index is 13.9. The summed E-state index contributed by atoms with van der Waals surface area (Å²) in [7, 11) is 3.78. The number of piperazine rings is 1. The van der Waals surface area contributed by atoms with Gasteiger partial charge in [0, 0.05) is 51.8 Å². The van der Waals surface area contributed by atoms with Crippen molar-refractivity contribution in [3.63, 3.8) is 0 Å². The Balaban J connectivity index is 1.35. The second-order valence-corrected chi connectivity index (χ2v) is 15.3. The van der Waals surface area contributed by atoms with Crippen LogP contribution < -0.4 is 29.7 Å². The molecule has 0 saturated carbocycles. The first-order valence-corrected chi connectivity index (χ1v) is 20.0. The summed E-state index contributed by atoms with van der Waals surface area (Å²) in [6.45, 7) is 14.2. The molecule has 1 aliphatic rings. The van der Waals surface area contributed by atoms with Crippen LogP contribution in [0.25, 0.3) is 0 Å². The fraction of sp³-hybridized carbons (Fsp3) is 0.500. The molecule has 2 N–H and O–H groups in total. The van der Waals surface area contributed by atoms with Crippen LogP contribution in [0.4, 0.5) is 16.2 Å². The van der Waals surface area contributed by atoms with Crippen LogP contribution in [0, 0.1) is 6.92 Å². The van der Waals surface area contributed by atoms with Crippen molar-refractivity contribution in [2.45, 2.75) is 78.7 Å². The van der Waals surface area contributed by atoms with E-state index in [4.69, 9.17) is 18.9 Å². The Labute approximate surface area is 338 Å². The smallest absolute Gasteiger partial charge is 0.407 e. The Morgan fingerprint density at radius 1 is 0.789 bits per heavy atom. The highest BCUT2D eigenvalue weighted by molar-refractivity contribution is 6.09. The predicted molar refractivity (Wildman–Crippen MR) is 223 cm³/mol. The molecule has 13 nitrogen and oxygen atoms in total. The van der Waals surface area contributed by atoms with Crippen molar-refractivity contribution in [3.8, 4) is 17.2 Å². The molecule has 1 saturated heterocycles. The number of hydrogen-bond donors (Lipinski definition) is 2. The molecule has 3 aromatic rings. The first-order chi connectivity index (χ1) is 27.3. The van der Waals surface area contributed by atoms with Crippen molar-refractivity contribution in [2.24, 2.45) is 0 Å². The molecule has 0 spiro atoms. The molecule has 0 aromatic heterocycles. The standard InChI is InChI=1S/C44H61N5O8/c1-8-27-54-38-31-33(19-20-35(38)46-41(51)34-15-11-12-16-37(34)55-29-14-22-45-43(53)57-44(3,4)5)42(52)48(7)36-21-18-32(2)30-39(36)56-28-13-9-10-17-40(50)49-25-23-47(6)24-26-49/h11-12,15-16,18-21,30-31H,8-10,13-14,17,22-29H2,1-7H3,(H,45,53)(H,46,51). The van der Waals surface area contributed by atoms with Crippen LogP contribution in [0.1, 0.15) is 92.5 Å². The lowest BCUT2D eigenvalue weighted by Crippen LogP contribution is -2.47. The van der Waals surface area contributed by atoms with Gasteiger partial charge in [0.15, 0.2) is 0 Å². The zero-order valence-corrected chi connectivity index (χ0v) is 34.8. The molecule has 0 aliphatic carbocycles. The van der Waals surface area contributed by atoms with Crippen molar-refractivity contribution in [3.05, 3.63) is 77.4 Å². The minimum atomic E-state index is -0.585. The number of likely N-dealkylation sites (N-methyl/N-ethyl adjacent to an activating group) is 1. The Bertz CT molecular complexity index is 1800. The number of carbonyl (C=O) groups is 4. The first-order valence-electron chi connectivity index (χ1n) is 20.0. The number of carbonyl (C=O) groups excluding carboxylic acids is 4. The summed E-state index contributed by atoms with van der Waals surface area (Å²) in [6.07, 6.45) is 3.74. The van der Waals surface area contributed by atoms with Crippen LogP contribution >= 0.6 is 0 Å². The molecule has 1 aliphatic heterocycles. The summed E-state index contributed by atoms with van der Waals surface area (Å²) < 4.78 is 23.4. The topological polar surface area (TPSA) is 139 Å². The summed E-state index contributed by atoms with van der Waals surface area (Å²) in [5, 5.41) is 5.63. The van der Waals surface area contributed by atoms with E-state index in [0.717, 1.165) is 57.4 Å². The van der Waals surface area contributed by atoms with Gasteiger partial charge in [-0.1, -0.05) is 25.1 Å². The SMILES string of the molecule is CCCOc1cc(C(=O)N(C)c2ccc(C)cc2OCCCCCC(=O)N2CCN(C)CC2)ccc1NC(=O)c1ccccc1OCCCNC(=O)OC(C)(C)C. The van der Waals surface area contributed by atoms with E-state index in [0.29, 0.717) is 72.4 Å². The number of anilines is 2. The van der Waals surface area contributed by atoms with E-state index >= 15 is 0 Å². The number of alkyl carbamates (subject to hydrolysis) is 1. The minimum Gasteiger partial charge on any atom is -0.493 e. The second-order valence-electron chi connectivity index (χ2n) is 15.3. The fourth-order valence-electron chi connectivity index (χ4n) is 6.09. The number of para-hydroxylation sites is 1. The van der Waals surface area contributed by atoms with E-state index in [-0.39, 0.29) is 18.4 Å². The third kappa shape index (κ3) is 14.3. The largest absolute Gasteiger partial charge is 0.493 e.